The van der Waals surface area contributed by atoms with Crippen molar-refractivity contribution in [3.63, 3.8) is 0 Å². The summed E-state index contributed by atoms with van der Waals surface area (Å²) in [6.07, 6.45) is 1.56. The van der Waals surface area contributed by atoms with E-state index in [1.54, 1.807) is 37.4 Å². The zero-order valence-electron chi connectivity index (χ0n) is 17.6. The van der Waals surface area contributed by atoms with Crippen molar-refractivity contribution >= 4 is 17.8 Å². The molecule has 1 aromatic heterocycles. The van der Waals surface area contributed by atoms with Gasteiger partial charge in [-0.3, -0.25) is 14.5 Å². The fraction of sp³-hybridized carbons (Fsp3) is 0.364. The molecule has 1 atom stereocenters. The third-order valence-electron chi connectivity index (χ3n) is 4.88. The summed E-state index contributed by atoms with van der Waals surface area (Å²) in [6.45, 7) is 7.17. The molecule has 0 radical (unpaired) electrons. The molecule has 1 aliphatic heterocycles. The normalized spacial score (nSPS) is 18.5. The molecule has 8 nitrogen and oxygen atoms in total. The average molecular weight is 410 g/mol. The molecular formula is C22H26N4O4. The molecule has 0 spiro atoms. The highest BCUT2D eigenvalue weighted by atomic mass is 16.5. The Bertz CT molecular complexity index is 958. The minimum absolute atomic E-state index is 0.0558. The summed E-state index contributed by atoms with van der Waals surface area (Å²) >= 11 is 0. The van der Waals surface area contributed by atoms with E-state index >= 15 is 0 Å². The Kier molecular flexibility index (Phi) is 6.05. The van der Waals surface area contributed by atoms with Crippen molar-refractivity contribution in [2.75, 3.05) is 6.54 Å². The van der Waals surface area contributed by atoms with Gasteiger partial charge in [-0.2, -0.15) is 0 Å². The number of amides is 4. The molecule has 1 aliphatic rings. The summed E-state index contributed by atoms with van der Waals surface area (Å²) in [6, 6.07) is 10.3. The number of nitrogens with zero attached hydrogens (tertiary/aromatic N) is 2. The number of urea groups is 1. The third kappa shape index (κ3) is 4.42. The number of aromatic nitrogens is 1. The summed E-state index contributed by atoms with van der Waals surface area (Å²) in [7, 11) is 0. The molecule has 1 fully saturated rings. The largest absolute Gasteiger partial charge is 0.475 e. The van der Waals surface area contributed by atoms with Gasteiger partial charge in [0.25, 0.3) is 5.91 Å². The lowest BCUT2D eigenvalue weighted by Crippen LogP contribution is -2.43. The zero-order chi connectivity index (χ0) is 21.9. The van der Waals surface area contributed by atoms with Crippen LogP contribution in [-0.4, -0.2) is 40.4 Å². The van der Waals surface area contributed by atoms with Gasteiger partial charge in [0.1, 0.15) is 12.1 Å². The van der Waals surface area contributed by atoms with E-state index in [1.165, 1.54) is 0 Å². The lowest BCUT2D eigenvalue weighted by molar-refractivity contribution is -0.134. The van der Waals surface area contributed by atoms with Crippen molar-refractivity contribution in [3.05, 3.63) is 59.3 Å². The van der Waals surface area contributed by atoms with E-state index < -0.39 is 23.4 Å². The smallest absolute Gasteiger partial charge is 0.325 e. The number of benzene rings is 1. The quantitative estimate of drug-likeness (QED) is 0.682. The molecule has 30 heavy (non-hydrogen) atoms. The second-order valence-electron chi connectivity index (χ2n) is 7.72. The number of aryl methyl sites for hydroxylation is 1. The van der Waals surface area contributed by atoms with Crippen molar-refractivity contribution in [3.8, 4) is 5.88 Å². The van der Waals surface area contributed by atoms with E-state index in [0.717, 1.165) is 10.5 Å². The minimum atomic E-state index is -1.20. The monoisotopic (exact) mass is 410 g/mol. The van der Waals surface area contributed by atoms with Gasteiger partial charge in [-0.05, 0) is 39.3 Å². The number of carbonyl (C=O) groups is 3. The van der Waals surface area contributed by atoms with Crippen LogP contribution in [0.2, 0.25) is 0 Å². The van der Waals surface area contributed by atoms with Crippen LogP contribution >= 0.6 is 0 Å². The average Bonchev–Trinajstić information content (AvgIpc) is 2.91. The highest BCUT2D eigenvalue weighted by Crippen LogP contribution is 2.28. The van der Waals surface area contributed by atoms with Gasteiger partial charge in [0, 0.05) is 18.3 Å². The van der Waals surface area contributed by atoms with Gasteiger partial charge in [-0.1, -0.05) is 35.9 Å². The predicted molar refractivity (Wildman–Crippen MR) is 111 cm³/mol. The Morgan fingerprint density at radius 2 is 1.93 bits per heavy atom. The molecule has 158 valence electrons. The van der Waals surface area contributed by atoms with Crippen LogP contribution in [0, 0.1) is 6.92 Å². The van der Waals surface area contributed by atoms with Gasteiger partial charge < -0.3 is 15.4 Å². The van der Waals surface area contributed by atoms with Gasteiger partial charge in [-0.15, -0.1) is 0 Å². The van der Waals surface area contributed by atoms with Crippen LogP contribution in [0.3, 0.4) is 0 Å². The summed E-state index contributed by atoms with van der Waals surface area (Å²) in [5.41, 5.74) is 1.22. The molecule has 0 bridgehead atoms. The number of rotatable bonds is 7. The lowest BCUT2D eigenvalue weighted by atomic mass is 9.91. The molecule has 2 N–H and O–H groups in total. The van der Waals surface area contributed by atoms with Crippen molar-refractivity contribution in [1.29, 1.82) is 0 Å². The first-order valence-electron chi connectivity index (χ1n) is 9.79. The number of imide groups is 1. The first-order chi connectivity index (χ1) is 14.2. The molecule has 1 unspecified atom stereocenters. The Labute approximate surface area is 175 Å². The minimum Gasteiger partial charge on any atom is -0.475 e. The van der Waals surface area contributed by atoms with E-state index in [0.29, 0.717) is 17.0 Å². The maximum absolute atomic E-state index is 12.9. The van der Waals surface area contributed by atoms with Crippen LogP contribution in [-0.2, 0) is 21.7 Å². The van der Waals surface area contributed by atoms with Crippen LogP contribution < -0.4 is 15.4 Å². The molecular weight excluding hydrogens is 384 g/mol. The molecule has 2 aromatic rings. The number of hydrogen-bond donors (Lipinski definition) is 2. The van der Waals surface area contributed by atoms with Crippen LogP contribution in [0.5, 0.6) is 5.88 Å². The zero-order valence-corrected chi connectivity index (χ0v) is 17.6. The second kappa shape index (κ2) is 8.52. The van der Waals surface area contributed by atoms with Crippen molar-refractivity contribution < 1.29 is 19.1 Å². The Morgan fingerprint density at radius 1 is 1.23 bits per heavy atom. The fourth-order valence-corrected chi connectivity index (χ4v) is 3.20. The van der Waals surface area contributed by atoms with Gasteiger partial charge in [0.05, 0.1) is 6.10 Å². The SMILES string of the molecule is Cc1ccc(C2(C)NC(=O)N(CC(=O)NCc3cccnc3OC(C)C)C2=O)cc1. The first-order valence-corrected chi connectivity index (χ1v) is 9.79. The third-order valence-corrected chi connectivity index (χ3v) is 4.88. The number of carbonyl (C=O) groups excluding carboxylic acids is 3. The van der Waals surface area contributed by atoms with Crippen LogP contribution in [0.1, 0.15) is 37.5 Å². The molecule has 1 saturated heterocycles. The summed E-state index contributed by atoms with van der Waals surface area (Å²) in [5.74, 6) is -0.475. The van der Waals surface area contributed by atoms with Gasteiger partial charge in [0.15, 0.2) is 0 Å². The van der Waals surface area contributed by atoms with Crippen LogP contribution in [0.25, 0.3) is 0 Å². The molecule has 4 amide bonds. The van der Waals surface area contributed by atoms with E-state index in [4.69, 9.17) is 4.74 Å². The van der Waals surface area contributed by atoms with E-state index in [2.05, 4.69) is 15.6 Å². The Balaban J connectivity index is 1.65. The van der Waals surface area contributed by atoms with E-state index in [9.17, 15) is 14.4 Å². The van der Waals surface area contributed by atoms with Crippen molar-refractivity contribution in [1.82, 2.24) is 20.5 Å². The number of hydrogen-bond acceptors (Lipinski definition) is 5. The molecule has 3 rings (SSSR count). The number of pyridine rings is 1. The topological polar surface area (TPSA) is 101 Å². The molecule has 2 heterocycles. The van der Waals surface area contributed by atoms with Crippen molar-refractivity contribution in [2.45, 2.75) is 45.9 Å². The summed E-state index contributed by atoms with van der Waals surface area (Å²) in [5, 5.41) is 5.43. The van der Waals surface area contributed by atoms with E-state index in [-0.39, 0.29) is 19.2 Å². The van der Waals surface area contributed by atoms with Gasteiger partial charge >= 0.3 is 6.03 Å². The maximum Gasteiger partial charge on any atom is 0.325 e. The van der Waals surface area contributed by atoms with Crippen LogP contribution in [0.4, 0.5) is 4.79 Å². The molecule has 0 saturated carbocycles. The maximum atomic E-state index is 12.9. The highest BCUT2D eigenvalue weighted by Gasteiger charge is 2.49. The second-order valence-corrected chi connectivity index (χ2v) is 7.72. The van der Waals surface area contributed by atoms with Gasteiger partial charge in [0.2, 0.25) is 11.8 Å². The fourth-order valence-electron chi connectivity index (χ4n) is 3.20. The van der Waals surface area contributed by atoms with Gasteiger partial charge in [-0.25, -0.2) is 9.78 Å². The molecule has 8 heteroatoms. The van der Waals surface area contributed by atoms with Crippen molar-refractivity contribution in [2.24, 2.45) is 0 Å². The van der Waals surface area contributed by atoms with E-state index in [1.807, 2.05) is 32.9 Å². The Morgan fingerprint density at radius 3 is 2.60 bits per heavy atom. The van der Waals surface area contributed by atoms with Crippen LogP contribution in [0.15, 0.2) is 42.6 Å². The predicted octanol–water partition coefficient (Wildman–Crippen LogP) is 2.26. The standard InChI is InChI=1S/C22H26N4O4/c1-14(2)30-19-16(6-5-11-23-19)12-24-18(27)13-26-20(28)22(4,25-21(26)29)17-9-7-15(3)8-10-17/h5-11,14H,12-13H2,1-4H3,(H,24,27)(H,25,29). The number of ether oxygens (including phenoxy) is 1. The Hall–Kier alpha value is -3.42. The highest BCUT2D eigenvalue weighted by molar-refractivity contribution is 6.09. The number of nitrogens with one attached hydrogen (secondary N) is 2. The summed E-state index contributed by atoms with van der Waals surface area (Å²) in [4.78, 5) is 42.9. The lowest BCUT2D eigenvalue weighted by Gasteiger charge is -2.22. The molecule has 1 aromatic carbocycles. The molecule has 0 aliphatic carbocycles. The summed E-state index contributed by atoms with van der Waals surface area (Å²) < 4.78 is 5.64. The first kappa shape index (κ1) is 21.3.